The molecule has 0 unspecified atom stereocenters. The standard InChI is InChI=1S/C34H38Cl2N4O4S/c1-19-12-27(35)32(28(36)13-19)43-10-11-44-34-37-15-30(45-34)26-14-24-17-39(22(4)41)18-29(38-24)31(26)33(42)40(25-8-9-25)16-23-7-5-6-20(2)21(23)3/h5-7,12-13,15,24-25,29,38H,8-11,14,16-18H2,1-4H3/t24-,29-/m1/s1. The number of amides is 2. The minimum atomic E-state index is -0.257. The normalized spacial score (nSPS) is 19.5. The lowest BCUT2D eigenvalue weighted by Crippen LogP contribution is -2.61. The first-order chi connectivity index (χ1) is 21.6. The van der Waals surface area contributed by atoms with Crippen molar-refractivity contribution < 1.29 is 19.1 Å². The van der Waals surface area contributed by atoms with Crippen molar-refractivity contribution in [1.82, 2.24) is 20.1 Å². The number of carbonyl (C=O) groups is 2. The lowest BCUT2D eigenvalue weighted by atomic mass is 9.85. The van der Waals surface area contributed by atoms with E-state index in [0.29, 0.717) is 47.0 Å². The van der Waals surface area contributed by atoms with Crippen molar-refractivity contribution in [2.45, 2.75) is 71.6 Å². The van der Waals surface area contributed by atoms with Crippen molar-refractivity contribution >= 4 is 51.9 Å². The third-order valence-corrected chi connectivity index (χ3v) is 10.4. The van der Waals surface area contributed by atoms with Crippen molar-refractivity contribution in [2.24, 2.45) is 0 Å². The number of carbonyl (C=O) groups excluding carboxylic acids is 2. The van der Waals surface area contributed by atoms with Crippen LogP contribution in [0.4, 0.5) is 0 Å². The van der Waals surface area contributed by atoms with Crippen LogP contribution in [0.5, 0.6) is 10.9 Å². The Morgan fingerprint density at radius 3 is 2.53 bits per heavy atom. The second kappa shape index (κ2) is 13.3. The molecule has 11 heteroatoms. The highest BCUT2D eigenvalue weighted by atomic mass is 35.5. The minimum absolute atomic E-state index is 0.0279. The summed E-state index contributed by atoms with van der Waals surface area (Å²) >= 11 is 14.0. The summed E-state index contributed by atoms with van der Waals surface area (Å²) in [6.45, 7) is 9.87. The van der Waals surface area contributed by atoms with E-state index in [2.05, 4.69) is 42.3 Å². The van der Waals surface area contributed by atoms with Gasteiger partial charge < -0.3 is 24.6 Å². The summed E-state index contributed by atoms with van der Waals surface area (Å²) in [5, 5.41) is 5.07. The van der Waals surface area contributed by atoms with Crippen LogP contribution in [-0.4, -0.2) is 71.0 Å². The van der Waals surface area contributed by atoms with Gasteiger partial charge in [-0.1, -0.05) is 52.7 Å². The summed E-state index contributed by atoms with van der Waals surface area (Å²) in [5.41, 5.74) is 6.28. The predicted molar refractivity (Wildman–Crippen MR) is 178 cm³/mol. The molecule has 0 spiro atoms. The lowest BCUT2D eigenvalue weighted by molar-refractivity contribution is -0.132. The van der Waals surface area contributed by atoms with Crippen LogP contribution in [0.1, 0.15) is 53.3 Å². The monoisotopic (exact) mass is 668 g/mol. The lowest BCUT2D eigenvalue weighted by Gasteiger charge is -2.44. The third-order valence-electron chi connectivity index (χ3n) is 8.87. The molecular weight excluding hydrogens is 631 g/mol. The molecule has 3 aliphatic rings. The summed E-state index contributed by atoms with van der Waals surface area (Å²) in [6.07, 6.45) is 4.42. The molecule has 238 valence electrons. The van der Waals surface area contributed by atoms with E-state index in [1.54, 1.807) is 25.3 Å². The van der Waals surface area contributed by atoms with Gasteiger partial charge in [-0.15, -0.1) is 0 Å². The first-order valence-corrected chi connectivity index (χ1v) is 16.9. The minimum Gasteiger partial charge on any atom is -0.487 e. The molecule has 1 saturated heterocycles. The van der Waals surface area contributed by atoms with Crippen LogP contribution in [-0.2, 0) is 16.1 Å². The van der Waals surface area contributed by atoms with Gasteiger partial charge in [0.1, 0.15) is 13.2 Å². The maximum atomic E-state index is 14.6. The average molecular weight is 670 g/mol. The van der Waals surface area contributed by atoms with Crippen molar-refractivity contribution in [2.75, 3.05) is 26.3 Å². The van der Waals surface area contributed by atoms with E-state index in [1.165, 1.54) is 22.5 Å². The van der Waals surface area contributed by atoms with E-state index >= 15 is 0 Å². The second-order valence-electron chi connectivity index (χ2n) is 12.2. The fourth-order valence-corrected chi connectivity index (χ4v) is 7.78. The number of rotatable bonds is 10. The first-order valence-electron chi connectivity index (χ1n) is 15.4. The summed E-state index contributed by atoms with van der Waals surface area (Å²) in [7, 11) is 0. The Balaban J connectivity index is 1.25. The van der Waals surface area contributed by atoms with Crippen LogP contribution >= 0.6 is 34.5 Å². The molecule has 2 atom stereocenters. The molecule has 1 N–H and O–H groups in total. The third kappa shape index (κ3) is 7.02. The molecule has 2 amide bonds. The van der Waals surface area contributed by atoms with E-state index in [0.717, 1.165) is 40.0 Å². The fraction of sp³-hybridized carbons (Fsp3) is 0.441. The van der Waals surface area contributed by atoms with Gasteiger partial charge in [0.05, 0.1) is 21.0 Å². The van der Waals surface area contributed by atoms with Gasteiger partial charge in [-0.3, -0.25) is 9.59 Å². The number of fused-ring (bicyclic) bond motifs is 2. The van der Waals surface area contributed by atoms with Crippen LogP contribution < -0.4 is 14.8 Å². The molecular formula is C34H38Cl2N4O4S. The van der Waals surface area contributed by atoms with Crippen molar-refractivity contribution in [3.63, 3.8) is 0 Å². The van der Waals surface area contributed by atoms with Crippen LogP contribution in [0.3, 0.4) is 0 Å². The van der Waals surface area contributed by atoms with Crippen molar-refractivity contribution in [1.29, 1.82) is 0 Å². The SMILES string of the molecule is CC(=O)N1C[C@H]2CC(c3cnc(OCCOc4c(Cl)cc(C)cc4Cl)s3)=C(C(=O)N(Cc3cccc(C)c3C)C3CC3)[C@@H](C1)N2. The number of halogens is 2. The van der Waals surface area contributed by atoms with E-state index in [-0.39, 0.29) is 43.2 Å². The molecule has 6 rings (SSSR count). The highest BCUT2D eigenvalue weighted by molar-refractivity contribution is 7.14. The number of nitrogens with zero attached hydrogens (tertiary/aromatic N) is 3. The Kier molecular flexibility index (Phi) is 9.43. The molecule has 45 heavy (non-hydrogen) atoms. The van der Waals surface area contributed by atoms with Gasteiger partial charge in [-0.25, -0.2) is 4.98 Å². The van der Waals surface area contributed by atoms with Crippen LogP contribution in [0.25, 0.3) is 5.57 Å². The second-order valence-corrected chi connectivity index (χ2v) is 14.0. The number of hydrogen-bond acceptors (Lipinski definition) is 7. The molecule has 8 nitrogen and oxygen atoms in total. The molecule has 2 bridgehead atoms. The van der Waals surface area contributed by atoms with Gasteiger partial charge in [0.15, 0.2) is 5.75 Å². The van der Waals surface area contributed by atoms with Gasteiger partial charge in [0, 0.05) is 50.4 Å². The summed E-state index contributed by atoms with van der Waals surface area (Å²) < 4.78 is 11.8. The number of aromatic nitrogens is 1. The Morgan fingerprint density at radius 1 is 1.09 bits per heavy atom. The van der Waals surface area contributed by atoms with Crippen LogP contribution in [0.15, 0.2) is 42.1 Å². The zero-order valence-corrected chi connectivity index (χ0v) is 28.3. The number of thiazole rings is 1. The average Bonchev–Trinajstić information content (AvgIpc) is 3.72. The number of benzene rings is 2. The number of aryl methyl sites for hydroxylation is 2. The Hall–Kier alpha value is -3.11. The maximum absolute atomic E-state index is 14.6. The van der Waals surface area contributed by atoms with E-state index in [1.807, 2.05) is 16.7 Å². The van der Waals surface area contributed by atoms with Gasteiger partial charge in [-0.05, 0) is 80.0 Å². The first kappa shape index (κ1) is 31.9. The van der Waals surface area contributed by atoms with E-state index < -0.39 is 0 Å². The number of hydrogen-bond donors (Lipinski definition) is 1. The quantitative estimate of drug-likeness (QED) is 0.253. The van der Waals surface area contributed by atoms with Gasteiger partial charge in [0.2, 0.25) is 5.91 Å². The van der Waals surface area contributed by atoms with E-state index in [4.69, 9.17) is 32.7 Å². The van der Waals surface area contributed by atoms with Crippen LogP contribution in [0.2, 0.25) is 10.0 Å². The van der Waals surface area contributed by atoms with Gasteiger partial charge in [-0.2, -0.15) is 0 Å². The molecule has 2 fully saturated rings. The predicted octanol–water partition coefficient (Wildman–Crippen LogP) is 6.37. The fourth-order valence-electron chi connectivity index (χ4n) is 6.22. The molecule has 1 aromatic heterocycles. The number of piperazine rings is 1. The van der Waals surface area contributed by atoms with Crippen molar-refractivity contribution in [3.8, 4) is 10.9 Å². The largest absolute Gasteiger partial charge is 0.487 e. The molecule has 1 aliphatic carbocycles. The number of nitrogens with one attached hydrogen (secondary N) is 1. The Bertz CT molecular complexity index is 1630. The van der Waals surface area contributed by atoms with Crippen LogP contribution in [0, 0.1) is 20.8 Å². The molecule has 0 radical (unpaired) electrons. The molecule has 3 heterocycles. The maximum Gasteiger partial charge on any atom is 0.273 e. The highest BCUT2D eigenvalue weighted by Crippen LogP contribution is 2.40. The zero-order valence-electron chi connectivity index (χ0n) is 26.0. The highest BCUT2D eigenvalue weighted by Gasteiger charge is 2.43. The molecule has 1 saturated carbocycles. The smallest absolute Gasteiger partial charge is 0.273 e. The van der Waals surface area contributed by atoms with Gasteiger partial charge >= 0.3 is 0 Å². The molecule has 2 aromatic carbocycles. The zero-order chi connectivity index (χ0) is 31.8. The number of ether oxygens (including phenoxy) is 2. The molecule has 2 aliphatic heterocycles. The van der Waals surface area contributed by atoms with E-state index in [9.17, 15) is 9.59 Å². The summed E-state index contributed by atoms with van der Waals surface area (Å²) in [6, 6.07) is 9.90. The Morgan fingerprint density at radius 2 is 1.82 bits per heavy atom. The summed E-state index contributed by atoms with van der Waals surface area (Å²) in [5.74, 6) is 0.494. The Labute approximate surface area is 278 Å². The topological polar surface area (TPSA) is 84.0 Å². The van der Waals surface area contributed by atoms with Gasteiger partial charge in [0.25, 0.3) is 11.1 Å². The molecule has 3 aromatic rings. The summed E-state index contributed by atoms with van der Waals surface area (Å²) in [4.78, 5) is 36.4. The van der Waals surface area contributed by atoms with Crippen molar-refractivity contribution in [3.05, 3.63) is 79.3 Å².